The summed E-state index contributed by atoms with van der Waals surface area (Å²) in [6.45, 7) is 2.10. The molecule has 1 heterocycles. The fourth-order valence-corrected chi connectivity index (χ4v) is 4.16. The van der Waals surface area contributed by atoms with Crippen LogP contribution in [-0.2, 0) is 4.79 Å². The molecule has 0 radical (unpaired) electrons. The Labute approximate surface area is 210 Å². The Hall–Kier alpha value is -2.97. The van der Waals surface area contributed by atoms with Crippen molar-refractivity contribution in [2.75, 3.05) is 46.9 Å². The van der Waals surface area contributed by atoms with Crippen molar-refractivity contribution in [2.24, 2.45) is 5.92 Å². The molecule has 35 heavy (non-hydrogen) atoms. The van der Waals surface area contributed by atoms with Crippen LogP contribution in [0.15, 0.2) is 42.5 Å². The molecule has 1 fully saturated rings. The largest absolute Gasteiger partial charge is 0.483 e. The van der Waals surface area contributed by atoms with Gasteiger partial charge in [0.1, 0.15) is 11.6 Å². The molecule has 188 valence electrons. The van der Waals surface area contributed by atoms with Gasteiger partial charge in [0, 0.05) is 24.7 Å². The van der Waals surface area contributed by atoms with Gasteiger partial charge in [0.25, 0.3) is 11.8 Å². The summed E-state index contributed by atoms with van der Waals surface area (Å²) in [7, 11) is 3.94. The van der Waals surface area contributed by atoms with Crippen molar-refractivity contribution < 1.29 is 23.5 Å². The van der Waals surface area contributed by atoms with Gasteiger partial charge in [-0.1, -0.05) is 11.6 Å². The van der Waals surface area contributed by atoms with E-state index in [4.69, 9.17) is 16.3 Å². The Kier molecular flexibility index (Phi) is 9.63. The van der Waals surface area contributed by atoms with Gasteiger partial charge >= 0.3 is 5.78 Å². The molecule has 7 nitrogen and oxygen atoms in total. The fourth-order valence-electron chi connectivity index (χ4n) is 3.99. The van der Waals surface area contributed by atoms with E-state index >= 15 is 0 Å². The van der Waals surface area contributed by atoms with E-state index in [2.05, 4.69) is 5.32 Å². The van der Waals surface area contributed by atoms with Gasteiger partial charge in [0.2, 0.25) is 0 Å². The van der Waals surface area contributed by atoms with Gasteiger partial charge in [-0.2, -0.15) is 0 Å². The van der Waals surface area contributed by atoms with Crippen molar-refractivity contribution >= 4 is 29.2 Å². The number of nitrogens with zero attached hydrogens (tertiary/aromatic N) is 2. The number of likely N-dealkylation sites (tertiary alicyclic amines) is 1. The predicted octanol–water partition coefficient (Wildman–Crippen LogP) is 3.37. The van der Waals surface area contributed by atoms with Crippen LogP contribution in [0.1, 0.15) is 35.2 Å². The summed E-state index contributed by atoms with van der Waals surface area (Å²) < 4.78 is 18.9. The number of carbonyl (C=O) groups excluding carboxylic acids is 3. The van der Waals surface area contributed by atoms with Crippen molar-refractivity contribution in [2.45, 2.75) is 19.3 Å². The molecule has 3 rings (SSSR count). The van der Waals surface area contributed by atoms with Gasteiger partial charge in [-0.3, -0.25) is 14.4 Å². The van der Waals surface area contributed by atoms with Crippen LogP contribution in [0.2, 0.25) is 5.02 Å². The van der Waals surface area contributed by atoms with E-state index in [1.165, 1.54) is 18.2 Å². The Balaban J connectivity index is 1.51. The molecule has 9 heteroatoms. The number of carbonyl (C=O) groups is 2. The average molecular weight is 505 g/mol. The first-order valence-electron chi connectivity index (χ1n) is 11.7. The number of halogens is 2. The fraction of sp³-hybridized carbons (Fsp3) is 0.423. The Morgan fingerprint density at radius 3 is 2.51 bits per heavy atom. The van der Waals surface area contributed by atoms with Crippen molar-refractivity contribution in [1.82, 2.24) is 15.1 Å². The van der Waals surface area contributed by atoms with E-state index in [9.17, 15) is 18.8 Å². The van der Waals surface area contributed by atoms with Crippen molar-refractivity contribution in [3.63, 3.8) is 0 Å². The van der Waals surface area contributed by atoms with Crippen molar-refractivity contribution in [3.05, 3.63) is 64.4 Å². The molecular weight excluding hydrogens is 473 g/mol. The van der Waals surface area contributed by atoms with Gasteiger partial charge in [-0.05, 0) is 82.4 Å². The first-order valence-corrected chi connectivity index (χ1v) is 12.1. The molecular formula is C26H32ClFN3O4+. The minimum absolute atomic E-state index is 0.0931. The lowest BCUT2D eigenvalue weighted by Crippen LogP contribution is -2.42. The number of rotatable bonds is 10. The minimum Gasteiger partial charge on any atom is -0.483 e. The summed E-state index contributed by atoms with van der Waals surface area (Å²) in [6.07, 6.45) is 1.99. The molecule has 0 unspecified atom stereocenters. The molecule has 2 aromatic carbocycles. The number of amides is 2. The Morgan fingerprint density at radius 2 is 1.86 bits per heavy atom. The normalized spacial score (nSPS) is 14.1. The van der Waals surface area contributed by atoms with Gasteiger partial charge < -0.3 is 19.9 Å². The number of hydrogen-bond acceptors (Lipinski definition) is 4. The SMILES string of the molecule is CN(C)CCCNC(=O)c1cc(Cl)ccc1OCC(=O)N1CCC(C(=[OH+])c2ccc(F)cc2)CC1. The lowest BCUT2D eigenvalue weighted by molar-refractivity contribution is -0.134. The van der Waals surface area contributed by atoms with Crippen LogP contribution in [0.25, 0.3) is 0 Å². The number of nitrogens with one attached hydrogen (secondary N) is 1. The topological polar surface area (TPSA) is 83.3 Å². The van der Waals surface area contributed by atoms with Gasteiger partial charge in [0.05, 0.1) is 17.0 Å². The maximum Gasteiger partial charge on any atom is 0.326 e. The first kappa shape index (κ1) is 26.6. The van der Waals surface area contributed by atoms with Crippen molar-refractivity contribution in [3.8, 4) is 5.75 Å². The standard InChI is InChI=1S/C26H31ClFN3O4/c1-30(2)13-3-12-29-26(34)22-16-20(27)6-9-23(22)35-17-24(32)31-14-10-19(11-15-31)25(33)18-4-7-21(28)8-5-18/h4-9,16,19H,3,10-15,17H2,1-2H3,(H,29,34)/p+1. The number of ketones is 1. The molecule has 0 aromatic heterocycles. The van der Waals surface area contributed by atoms with Crippen LogP contribution in [0, 0.1) is 11.7 Å². The highest BCUT2D eigenvalue weighted by atomic mass is 35.5. The van der Waals surface area contributed by atoms with Crippen molar-refractivity contribution in [1.29, 1.82) is 0 Å². The average Bonchev–Trinajstić information content (AvgIpc) is 2.85. The summed E-state index contributed by atoms with van der Waals surface area (Å²) in [5.74, 6) is -0.434. The highest BCUT2D eigenvalue weighted by Crippen LogP contribution is 2.24. The van der Waals surface area contributed by atoms with Gasteiger partial charge in [-0.15, -0.1) is 0 Å². The van der Waals surface area contributed by atoms with E-state index in [1.54, 1.807) is 29.2 Å². The molecule has 0 bridgehead atoms. The van der Waals surface area contributed by atoms with E-state index in [-0.39, 0.29) is 41.5 Å². The number of ether oxygens (including phenoxy) is 1. The number of hydrogen-bond donors (Lipinski definition) is 1. The van der Waals surface area contributed by atoms with Crippen LogP contribution in [-0.4, -0.2) is 79.1 Å². The smallest absolute Gasteiger partial charge is 0.326 e. The second-order valence-corrected chi connectivity index (χ2v) is 9.33. The second-order valence-electron chi connectivity index (χ2n) is 8.89. The minimum atomic E-state index is -0.354. The molecule has 2 amide bonds. The zero-order valence-corrected chi connectivity index (χ0v) is 20.9. The molecule has 0 atom stereocenters. The zero-order valence-electron chi connectivity index (χ0n) is 20.1. The van der Waals surface area contributed by atoms with E-state index in [1.807, 2.05) is 19.0 Å². The van der Waals surface area contributed by atoms with Crippen LogP contribution in [0.3, 0.4) is 0 Å². The third-order valence-corrected chi connectivity index (χ3v) is 6.21. The third-order valence-electron chi connectivity index (χ3n) is 5.98. The molecule has 0 aliphatic carbocycles. The molecule has 1 aliphatic rings. The Morgan fingerprint density at radius 1 is 1.17 bits per heavy atom. The van der Waals surface area contributed by atoms with Crippen LogP contribution >= 0.6 is 11.6 Å². The molecule has 1 saturated heterocycles. The number of piperidine rings is 1. The molecule has 2 aromatic rings. The first-order chi connectivity index (χ1) is 16.7. The lowest BCUT2D eigenvalue weighted by atomic mass is 9.89. The van der Waals surface area contributed by atoms with Crippen LogP contribution in [0.5, 0.6) is 5.75 Å². The summed E-state index contributed by atoms with van der Waals surface area (Å²) >= 11 is 6.08. The Bertz CT molecular complexity index is 1040. The molecule has 0 spiro atoms. The van der Waals surface area contributed by atoms with Gasteiger partial charge in [0.15, 0.2) is 6.61 Å². The number of benzene rings is 2. The van der Waals surface area contributed by atoms with E-state index < -0.39 is 0 Å². The highest BCUT2D eigenvalue weighted by molar-refractivity contribution is 6.31. The molecule has 0 saturated carbocycles. The lowest BCUT2D eigenvalue weighted by Gasteiger charge is -2.30. The predicted molar refractivity (Wildman–Crippen MR) is 134 cm³/mol. The molecule has 1 aliphatic heterocycles. The summed E-state index contributed by atoms with van der Waals surface area (Å²) in [4.78, 5) is 39.6. The zero-order chi connectivity index (χ0) is 25.4. The molecule has 2 N–H and O–H groups in total. The van der Waals surface area contributed by atoms with E-state index in [0.29, 0.717) is 48.8 Å². The maximum atomic E-state index is 13.1. The van der Waals surface area contributed by atoms with Gasteiger partial charge in [-0.25, -0.2) is 4.39 Å². The van der Waals surface area contributed by atoms with Crippen LogP contribution in [0.4, 0.5) is 4.39 Å². The quantitative estimate of drug-likeness (QED) is 0.305. The third kappa shape index (κ3) is 7.77. The van der Waals surface area contributed by atoms with E-state index in [0.717, 1.165) is 13.0 Å². The maximum absolute atomic E-state index is 13.1. The highest BCUT2D eigenvalue weighted by Gasteiger charge is 2.32. The summed E-state index contributed by atoms with van der Waals surface area (Å²) in [5.41, 5.74) is 0.877. The summed E-state index contributed by atoms with van der Waals surface area (Å²) in [6, 6.07) is 10.5. The monoisotopic (exact) mass is 504 g/mol. The summed E-state index contributed by atoms with van der Waals surface area (Å²) in [5, 5.41) is 3.26. The second kappa shape index (κ2) is 12.7. The van der Waals surface area contributed by atoms with Crippen LogP contribution < -0.4 is 10.1 Å².